The van der Waals surface area contributed by atoms with Gasteiger partial charge >= 0.3 is 6.18 Å². The largest absolute Gasteiger partial charge is 0.401 e. The van der Waals surface area contributed by atoms with Crippen molar-refractivity contribution in [2.75, 3.05) is 18.6 Å². The van der Waals surface area contributed by atoms with Gasteiger partial charge < -0.3 is 0 Å². The predicted octanol–water partition coefficient (Wildman–Crippen LogP) is 2.85. The van der Waals surface area contributed by atoms with Gasteiger partial charge in [-0.3, -0.25) is 4.79 Å². The average Bonchev–Trinajstić information content (AvgIpc) is 2.58. The van der Waals surface area contributed by atoms with Crippen molar-refractivity contribution >= 4 is 23.2 Å². The van der Waals surface area contributed by atoms with E-state index in [-0.39, 0.29) is 10.7 Å². The zero-order chi connectivity index (χ0) is 14.4. The van der Waals surface area contributed by atoms with Crippen LogP contribution in [0.3, 0.4) is 0 Å². The third kappa shape index (κ3) is 2.52. The smallest absolute Gasteiger partial charge is 0.272 e. The first kappa shape index (κ1) is 14.1. The van der Waals surface area contributed by atoms with Crippen LogP contribution in [0.1, 0.15) is 0 Å². The van der Waals surface area contributed by atoms with Crippen molar-refractivity contribution in [2.45, 2.75) is 6.18 Å². The van der Waals surface area contributed by atoms with Gasteiger partial charge in [0.1, 0.15) is 11.7 Å². The molecule has 1 aliphatic heterocycles. The fraction of sp³-hybridized carbons (Fsp3) is 0.364. The topological polar surface area (TPSA) is 23.6 Å². The molecule has 1 aromatic carbocycles. The van der Waals surface area contributed by atoms with Crippen molar-refractivity contribution < 1.29 is 22.4 Å². The minimum atomic E-state index is -4.61. The summed E-state index contributed by atoms with van der Waals surface area (Å²) in [6.07, 6.45) is -4.61. The van der Waals surface area contributed by atoms with Crippen molar-refractivity contribution in [3.63, 3.8) is 0 Å². The number of benzene rings is 1. The lowest BCUT2D eigenvalue weighted by atomic mass is 10.1. The summed E-state index contributed by atoms with van der Waals surface area (Å²) in [6, 6.07) is 3.32. The summed E-state index contributed by atoms with van der Waals surface area (Å²) in [5.41, 5.74) is 0.102. The number of alkyl halides is 3. The SMILES string of the molecule is CN1CC(C(F)(F)F)C(=O)N1c1ccc(F)c(Cl)c1. The Labute approximate surface area is 111 Å². The Morgan fingerprint density at radius 2 is 2.00 bits per heavy atom. The van der Waals surface area contributed by atoms with Gasteiger partial charge in [-0.2, -0.15) is 13.2 Å². The highest BCUT2D eigenvalue weighted by atomic mass is 35.5. The fourth-order valence-electron chi connectivity index (χ4n) is 1.92. The van der Waals surface area contributed by atoms with E-state index in [1.54, 1.807) is 0 Å². The molecule has 0 N–H and O–H groups in total. The second kappa shape index (κ2) is 4.64. The number of rotatable bonds is 1. The van der Waals surface area contributed by atoms with Gasteiger partial charge in [-0.15, -0.1) is 0 Å². The first-order valence-corrected chi connectivity index (χ1v) is 5.66. The standard InChI is InChI=1S/C11H9ClF4N2O/c1-17-5-7(11(14,15)16)10(19)18(17)6-2-3-9(13)8(12)4-6/h2-4,7H,5H2,1H3. The van der Waals surface area contributed by atoms with Gasteiger partial charge in [0, 0.05) is 13.6 Å². The van der Waals surface area contributed by atoms with Crippen LogP contribution in [-0.4, -0.2) is 30.7 Å². The van der Waals surface area contributed by atoms with Gasteiger partial charge in [0.25, 0.3) is 5.91 Å². The molecule has 19 heavy (non-hydrogen) atoms. The molecule has 1 atom stereocenters. The lowest BCUT2D eigenvalue weighted by Crippen LogP contribution is -2.37. The van der Waals surface area contributed by atoms with Crippen LogP contribution < -0.4 is 5.01 Å². The van der Waals surface area contributed by atoms with E-state index in [9.17, 15) is 22.4 Å². The van der Waals surface area contributed by atoms with E-state index in [4.69, 9.17) is 11.6 Å². The number of hydrazine groups is 1. The van der Waals surface area contributed by atoms with E-state index in [2.05, 4.69) is 0 Å². The molecule has 1 unspecified atom stereocenters. The Balaban J connectivity index is 2.35. The minimum Gasteiger partial charge on any atom is -0.272 e. The molecule has 1 aromatic rings. The number of hydrogen-bond acceptors (Lipinski definition) is 2. The van der Waals surface area contributed by atoms with E-state index >= 15 is 0 Å². The van der Waals surface area contributed by atoms with Gasteiger partial charge in [-0.25, -0.2) is 14.4 Å². The number of amides is 1. The van der Waals surface area contributed by atoms with Crippen LogP contribution in [0.2, 0.25) is 5.02 Å². The van der Waals surface area contributed by atoms with Crippen LogP contribution in [-0.2, 0) is 4.79 Å². The quantitative estimate of drug-likeness (QED) is 0.744. The van der Waals surface area contributed by atoms with Crippen LogP contribution >= 0.6 is 11.6 Å². The predicted molar refractivity (Wildman–Crippen MR) is 61.1 cm³/mol. The molecule has 1 heterocycles. The minimum absolute atomic E-state index is 0.102. The summed E-state index contributed by atoms with van der Waals surface area (Å²) in [7, 11) is 1.35. The van der Waals surface area contributed by atoms with Crippen molar-refractivity contribution in [1.29, 1.82) is 0 Å². The fourth-order valence-corrected chi connectivity index (χ4v) is 2.10. The summed E-state index contributed by atoms with van der Waals surface area (Å²) in [6.45, 7) is -0.475. The van der Waals surface area contributed by atoms with E-state index in [0.717, 1.165) is 22.2 Å². The highest BCUT2D eigenvalue weighted by molar-refractivity contribution is 6.31. The van der Waals surface area contributed by atoms with Crippen LogP contribution in [0.5, 0.6) is 0 Å². The second-order valence-electron chi connectivity index (χ2n) is 4.18. The van der Waals surface area contributed by atoms with Crippen LogP contribution in [0.15, 0.2) is 18.2 Å². The third-order valence-electron chi connectivity index (χ3n) is 2.84. The van der Waals surface area contributed by atoms with Gasteiger partial charge in [0.05, 0.1) is 10.7 Å². The van der Waals surface area contributed by atoms with Crippen molar-refractivity contribution in [3.8, 4) is 0 Å². The summed E-state index contributed by atoms with van der Waals surface area (Å²) in [4.78, 5) is 11.8. The molecule has 104 valence electrons. The first-order chi connectivity index (χ1) is 8.71. The van der Waals surface area contributed by atoms with E-state index in [1.165, 1.54) is 13.1 Å². The van der Waals surface area contributed by atoms with Gasteiger partial charge in [0.15, 0.2) is 0 Å². The lowest BCUT2D eigenvalue weighted by Gasteiger charge is -2.24. The maximum Gasteiger partial charge on any atom is 0.401 e. The van der Waals surface area contributed by atoms with E-state index in [0.29, 0.717) is 0 Å². The zero-order valence-corrected chi connectivity index (χ0v) is 10.5. The Morgan fingerprint density at radius 1 is 1.37 bits per heavy atom. The van der Waals surface area contributed by atoms with Crippen LogP contribution in [0.25, 0.3) is 0 Å². The number of hydrogen-bond donors (Lipinski definition) is 0. The maximum atomic E-state index is 13.0. The second-order valence-corrected chi connectivity index (χ2v) is 4.59. The highest BCUT2D eigenvalue weighted by Gasteiger charge is 2.52. The summed E-state index contributed by atoms with van der Waals surface area (Å²) < 4.78 is 51.0. The summed E-state index contributed by atoms with van der Waals surface area (Å²) >= 11 is 5.56. The average molecular weight is 297 g/mol. The Bertz CT molecular complexity index is 520. The van der Waals surface area contributed by atoms with Crippen molar-refractivity contribution in [1.82, 2.24) is 5.01 Å². The molecule has 8 heteroatoms. The van der Waals surface area contributed by atoms with E-state index in [1.807, 2.05) is 0 Å². The third-order valence-corrected chi connectivity index (χ3v) is 3.13. The Kier molecular flexibility index (Phi) is 3.44. The molecule has 2 rings (SSSR count). The summed E-state index contributed by atoms with van der Waals surface area (Å²) in [5, 5.41) is 1.72. The molecular weight excluding hydrogens is 288 g/mol. The molecule has 0 saturated carbocycles. The first-order valence-electron chi connectivity index (χ1n) is 5.28. The summed E-state index contributed by atoms with van der Waals surface area (Å²) in [5.74, 6) is -3.88. The number of carbonyl (C=O) groups excluding carboxylic acids is 1. The normalized spacial score (nSPS) is 21.3. The van der Waals surface area contributed by atoms with Crippen molar-refractivity contribution in [2.24, 2.45) is 5.92 Å². The number of halogens is 5. The molecular formula is C11H9ClF4N2O. The van der Waals surface area contributed by atoms with Crippen LogP contribution in [0, 0.1) is 11.7 Å². The van der Waals surface area contributed by atoms with E-state index < -0.39 is 30.4 Å². The molecule has 1 fully saturated rings. The van der Waals surface area contributed by atoms with Gasteiger partial charge in [0.2, 0.25) is 0 Å². The molecule has 0 bridgehead atoms. The molecule has 1 saturated heterocycles. The number of nitrogens with zero attached hydrogens (tertiary/aromatic N) is 2. The maximum absolute atomic E-state index is 13.0. The monoisotopic (exact) mass is 296 g/mol. The molecule has 3 nitrogen and oxygen atoms in total. The number of carbonyl (C=O) groups is 1. The van der Waals surface area contributed by atoms with Crippen molar-refractivity contribution in [3.05, 3.63) is 29.0 Å². The molecule has 0 radical (unpaired) electrons. The molecule has 1 amide bonds. The zero-order valence-electron chi connectivity index (χ0n) is 9.71. The highest BCUT2D eigenvalue weighted by Crippen LogP contribution is 2.36. The number of anilines is 1. The van der Waals surface area contributed by atoms with Crippen LogP contribution in [0.4, 0.5) is 23.2 Å². The molecule has 0 spiro atoms. The Hall–Kier alpha value is -1.34. The van der Waals surface area contributed by atoms with Gasteiger partial charge in [-0.05, 0) is 18.2 Å². The molecule has 1 aliphatic rings. The van der Waals surface area contributed by atoms with Gasteiger partial charge in [-0.1, -0.05) is 11.6 Å². The molecule has 0 aliphatic carbocycles. The Morgan fingerprint density at radius 3 is 2.47 bits per heavy atom. The molecule has 0 aromatic heterocycles. The lowest BCUT2D eigenvalue weighted by molar-refractivity contribution is -0.175.